The van der Waals surface area contributed by atoms with Crippen LogP contribution in [0.4, 0.5) is 5.82 Å². The van der Waals surface area contributed by atoms with Gasteiger partial charge in [-0.2, -0.15) is 5.10 Å². The average Bonchev–Trinajstić information content (AvgIpc) is 3.18. The molecule has 0 fully saturated rings. The minimum absolute atomic E-state index is 0.0258. The van der Waals surface area contributed by atoms with E-state index in [-0.39, 0.29) is 10.8 Å². The Bertz CT molecular complexity index is 905. The van der Waals surface area contributed by atoms with E-state index in [0.717, 1.165) is 22.8 Å². The van der Waals surface area contributed by atoms with E-state index in [1.807, 2.05) is 11.7 Å². The third-order valence-electron chi connectivity index (χ3n) is 4.65. The molecule has 0 unspecified atom stereocenters. The molecule has 0 aliphatic heterocycles. The van der Waals surface area contributed by atoms with Crippen molar-refractivity contribution < 1.29 is 4.42 Å². The zero-order valence-electron chi connectivity index (χ0n) is 17.4. The van der Waals surface area contributed by atoms with E-state index in [2.05, 4.69) is 87.3 Å². The monoisotopic (exact) mass is 366 g/mol. The number of nitrogens with zero attached hydrogens (tertiary/aromatic N) is 3. The molecule has 0 radical (unpaired) electrons. The lowest BCUT2D eigenvalue weighted by Gasteiger charge is -2.18. The lowest BCUT2D eigenvalue weighted by Crippen LogP contribution is -2.12. The maximum atomic E-state index is 5.68. The fourth-order valence-corrected chi connectivity index (χ4v) is 2.81. The summed E-state index contributed by atoms with van der Waals surface area (Å²) < 4.78 is 7.55. The van der Waals surface area contributed by atoms with Crippen molar-refractivity contribution in [3.8, 4) is 11.5 Å². The van der Waals surface area contributed by atoms with Crippen molar-refractivity contribution >= 4 is 5.82 Å². The topological polar surface area (TPSA) is 55.9 Å². The molecule has 0 amide bonds. The van der Waals surface area contributed by atoms with Gasteiger partial charge in [-0.05, 0) is 23.1 Å². The Balaban J connectivity index is 1.69. The van der Waals surface area contributed by atoms with Crippen LogP contribution < -0.4 is 5.32 Å². The van der Waals surface area contributed by atoms with Gasteiger partial charge in [-0.15, -0.1) is 0 Å². The molecule has 5 nitrogen and oxygen atoms in total. The predicted molar refractivity (Wildman–Crippen MR) is 110 cm³/mol. The first-order valence-electron chi connectivity index (χ1n) is 9.38. The first kappa shape index (κ1) is 19.2. The molecule has 2 aromatic heterocycles. The summed E-state index contributed by atoms with van der Waals surface area (Å²) in [6.07, 6.45) is 1.71. The SMILES string of the molecule is Cn1nc(C(C)(C)C)cc1NCc1coc(-c2ccc(C(C)(C)C)cc2)n1. The average molecular weight is 367 g/mol. The van der Waals surface area contributed by atoms with Gasteiger partial charge in [0.2, 0.25) is 5.89 Å². The van der Waals surface area contributed by atoms with Gasteiger partial charge in [0.25, 0.3) is 0 Å². The highest BCUT2D eigenvalue weighted by molar-refractivity contribution is 5.54. The zero-order chi connectivity index (χ0) is 19.8. The van der Waals surface area contributed by atoms with Crippen LogP contribution in [0.5, 0.6) is 0 Å². The van der Waals surface area contributed by atoms with Crippen molar-refractivity contribution in [1.29, 1.82) is 0 Å². The molecule has 0 atom stereocenters. The molecule has 3 aromatic rings. The van der Waals surface area contributed by atoms with Crippen LogP contribution in [0, 0.1) is 0 Å². The van der Waals surface area contributed by atoms with Gasteiger partial charge in [0.1, 0.15) is 12.1 Å². The number of aryl methyl sites for hydroxylation is 1. The normalized spacial score (nSPS) is 12.4. The minimum atomic E-state index is 0.0258. The smallest absolute Gasteiger partial charge is 0.226 e. The van der Waals surface area contributed by atoms with E-state index < -0.39 is 0 Å². The number of hydrogen-bond donors (Lipinski definition) is 1. The fourth-order valence-electron chi connectivity index (χ4n) is 2.81. The van der Waals surface area contributed by atoms with E-state index in [1.54, 1.807) is 6.26 Å². The molecular formula is C22H30N4O. The number of nitrogens with one attached hydrogen (secondary N) is 1. The van der Waals surface area contributed by atoms with Crippen LogP contribution in [0.1, 0.15) is 58.5 Å². The Hall–Kier alpha value is -2.56. The summed E-state index contributed by atoms with van der Waals surface area (Å²) in [6.45, 7) is 13.7. The first-order valence-corrected chi connectivity index (χ1v) is 9.38. The largest absolute Gasteiger partial charge is 0.444 e. The Kier molecular flexibility index (Phi) is 4.89. The summed E-state index contributed by atoms with van der Waals surface area (Å²) in [4.78, 5) is 4.61. The Morgan fingerprint density at radius 3 is 2.22 bits per heavy atom. The van der Waals surface area contributed by atoms with Gasteiger partial charge in [0.15, 0.2) is 0 Å². The van der Waals surface area contributed by atoms with E-state index in [1.165, 1.54) is 5.56 Å². The van der Waals surface area contributed by atoms with Crippen LogP contribution in [-0.2, 0) is 24.4 Å². The van der Waals surface area contributed by atoms with Crippen LogP contribution >= 0.6 is 0 Å². The van der Waals surface area contributed by atoms with Crippen molar-refractivity contribution in [2.45, 2.75) is 58.9 Å². The highest BCUT2D eigenvalue weighted by Crippen LogP contribution is 2.26. The Morgan fingerprint density at radius 1 is 1.00 bits per heavy atom. The number of hydrogen-bond acceptors (Lipinski definition) is 4. The summed E-state index contributed by atoms with van der Waals surface area (Å²) in [7, 11) is 1.95. The molecule has 3 rings (SSSR count). The van der Waals surface area contributed by atoms with Crippen LogP contribution in [0.2, 0.25) is 0 Å². The molecule has 5 heteroatoms. The lowest BCUT2D eigenvalue weighted by atomic mass is 9.87. The molecule has 0 saturated heterocycles. The highest BCUT2D eigenvalue weighted by Gasteiger charge is 2.19. The van der Waals surface area contributed by atoms with Gasteiger partial charge in [-0.25, -0.2) is 4.98 Å². The molecule has 0 spiro atoms. The van der Waals surface area contributed by atoms with Gasteiger partial charge in [-0.1, -0.05) is 53.7 Å². The summed E-state index contributed by atoms with van der Waals surface area (Å²) >= 11 is 0. The van der Waals surface area contributed by atoms with Crippen LogP contribution in [-0.4, -0.2) is 14.8 Å². The highest BCUT2D eigenvalue weighted by atomic mass is 16.3. The minimum Gasteiger partial charge on any atom is -0.444 e. The fraction of sp³-hybridized carbons (Fsp3) is 0.455. The molecule has 1 N–H and O–H groups in total. The Labute approximate surface area is 161 Å². The third-order valence-corrected chi connectivity index (χ3v) is 4.65. The Morgan fingerprint density at radius 2 is 1.67 bits per heavy atom. The summed E-state index contributed by atoms with van der Waals surface area (Å²) in [5, 5.41) is 7.98. The molecule has 0 bridgehead atoms. The van der Waals surface area contributed by atoms with Crippen molar-refractivity contribution in [1.82, 2.24) is 14.8 Å². The molecule has 144 valence electrons. The van der Waals surface area contributed by atoms with Crippen molar-refractivity contribution in [2.24, 2.45) is 7.05 Å². The van der Waals surface area contributed by atoms with Gasteiger partial charge in [0.05, 0.1) is 17.9 Å². The van der Waals surface area contributed by atoms with Crippen molar-refractivity contribution in [2.75, 3.05) is 5.32 Å². The summed E-state index contributed by atoms with van der Waals surface area (Å²) in [5.74, 6) is 1.62. The zero-order valence-corrected chi connectivity index (χ0v) is 17.4. The van der Waals surface area contributed by atoms with Crippen molar-refractivity contribution in [3.63, 3.8) is 0 Å². The second-order valence-electron chi connectivity index (χ2n) is 9.11. The molecular weight excluding hydrogens is 336 g/mol. The number of oxazole rings is 1. The summed E-state index contributed by atoms with van der Waals surface area (Å²) in [6, 6.07) is 10.5. The molecule has 0 aliphatic carbocycles. The maximum absolute atomic E-state index is 5.68. The second kappa shape index (κ2) is 6.87. The molecule has 1 aromatic carbocycles. The molecule has 0 saturated carbocycles. The van der Waals surface area contributed by atoms with Crippen LogP contribution in [0.3, 0.4) is 0 Å². The molecule has 27 heavy (non-hydrogen) atoms. The predicted octanol–water partition coefficient (Wildman–Crippen LogP) is 5.28. The second-order valence-corrected chi connectivity index (χ2v) is 9.11. The van der Waals surface area contributed by atoms with Gasteiger partial charge < -0.3 is 9.73 Å². The molecule has 2 heterocycles. The van der Waals surface area contributed by atoms with Crippen molar-refractivity contribution in [3.05, 3.63) is 53.5 Å². The third kappa shape index (κ3) is 4.41. The lowest BCUT2D eigenvalue weighted by molar-refractivity contribution is 0.553. The number of anilines is 1. The van der Waals surface area contributed by atoms with Gasteiger partial charge >= 0.3 is 0 Å². The number of benzene rings is 1. The van der Waals surface area contributed by atoms with E-state index >= 15 is 0 Å². The maximum Gasteiger partial charge on any atom is 0.226 e. The quantitative estimate of drug-likeness (QED) is 0.682. The van der Waals surface area contributed by atoms with Gasteiger partial charge in [-0.3, -0.25) is 4.68 Å². The first-order chi connectivity index (χ1) is 12.5. The van der Waals surface area contributed by atoms with Crippen LogP contribution in [0.25, 0.3) is 11.5 Å². The summed E-state index contributed by atoms with van der Waals surface area (Å²) in [5.41, 5.74) is 4.38. The standard InChI is InChI=1S/C22H30N4O/c1-21(2,3)16-10-8-15(9-11-16)20-24-17(14-27-20)13-23-19-12-18(22(4,5)6)25-26(19)7/h8-12,14,23H,13H2,1-7H3. The molecule has 0 aliphatic rings. The van der Waals surface area contributed by atoms with E-state index in [4.69, 9.17) is 4.42 Å². The number of rotatable bonds is 4. The van der Waals surface area contributed by atoms with Crippen LogP contribution in [0.15, 0.2) is 41.0 Å². The van der Waals surface area contributed by atoms with E-state index in [9.17, 15) is 0 Å². The van der Waals surface area contributed by atoms with Gasteiger partial charge in [0, 0.05) is 24.1 Å². The number of aromatic nitrogens is 3. The van der Waals surface area contributed by atoms with E-state index in [0.29, 0.717) is 12.4 Å².